The number of aliphatic hydroxyl groups is 1. The fourth-order valence-corrected chi connectivity index (χ4v) is 6.92. The number of methoxy groups -OCH3 is 1. The van der Waals surface area contributed by atoms with Crippen LogP contribution in [0.1, 0.15) is 80.6 Å². The first-order valence-electron chi connectivity index (χ1n) is 16.9. The molecular weight excluding hydrogens is 719 g/mol. The van der Waals surface area contributed by atoms with Crippen molar-refractivity contribution in [1.82, 2.24) is 18.6 Å². The number of aliphatic hydroxyl groups excluding tert-OH is 1. The predicted octanol–water partition coefficient (Wildman–Crippen LogP) is 4.31. The van der Waals surface area contributed by atoms with Gasteiger partial charge in [0.05, 0.1) is 36.4 Å². The molecule has 2 heterocycles. The number of urea groups is 1. The monoisotopic (exact) mass is 778 g/mol. The van der Waals surface area contributed by atoms with Gasteiger partial charge in [0.1, 0.15) is 12.1 Å². The second-order valence-corrected chi connectivity index (χ2v) is 15.2. The van der Waals surface area contributed by atoms with Gasteiger partial charge in [0, 0.05) is 62.7 Å². The summed E-state index contributed by atoms with van der Waals surface area (Å²) >= 11 is 2.23. The van der Waals surface area contributed by atoms with Gasteiger partial charge in [0.2, 0.25) is 5.91 Å². The SMILES string of the molecule is CO[C@@H]([C@@H](C)O)[C@@H](C)OC(C)(C)C[C@H](C)/C=C/C=C(\C)[C@H]1O[C@@H](CC(=O)N[C@@H](CCNC(=O)N2CCN(I)CC2)C(=O)O)CC[C@@H]1C. The zero-order valence-corrected chi connectivity index (χ0v) is 31.7. The summed E-state index contributed by atoms with van der Waals surface area (Å²) in [6, 6.07) is -1.31. The van der Waals surface area contributed by atoms with Crippen LogP contribution in [0.3, 0.4) is 0 Å². The first-order chi connectivity index (χ1) is 22.0. The molecular formula is C34H59IN4O8. The minimum atomic E-state index is -1.13. The van der Waals surface area contributed by atoms with E-state index in [1.165, 1.54) is 0 Å². The number of ether oxygens (including phenoxy) is 3. The molecule has 47 heavy (non-hydrogen) atoms. The van der Waals surface area contributed by atoms with Crippen molar-refractivity contribution in [2.75, 3.05) is 39.8 Å². The maximum atomic E-state index is 12.9. The Morgan fingerprint density at radius 3 is 2.38 bits per heavy atom. The van der Waals surface area contributed by atoms with Gasteiger partial charge in [-0.15, -0.1) is 0 Å². The summed E-state index contributed by atoms with van der Waals surface area (Å²) in [6.45, 7) is 17.0. The number of nitrogens with zero attached hydrogens (tertiary/aromatic N) is 2. The van der Waals surface area contributed by atoms with Crippen LogP contribution in [-0.4, -0.2) is 118 Å². The van der Waals surface area contributed by atoms with Gasteiger partial charge in [-0.3, -0.25) is 4.79 Å². The summed E-state index contributed by atoms with van der Waals surface area (Å²) in [5.74, 6) is -0.995. The van der Waals surface area contributed by atoms with E-state index in [4.69, 9.17) is 14.2 Å². The minimum Gasteiger partial charge on any atom is -0.480 e. The van der Waals surface area contributed by atoms with Crippen molar-refractivity contribution in [1.29, 1.82) is 0 Å². The third kappa shape index (κ3) is 14.7. The molecule has 3 amide bonds. The molecule has 2 rings (SSSR count). The molecule has 4 N–H and O–H groups in total. The highest BCUT2D eigenvalue weighted by Gasteiger charge is 2.32. The molecule has 12 nitrogen and oxygen atoms in total. The number of hydrogen-bond acceptors (Lipinski definition) is 8. The van der Waals surface area contributed by atoms with Crippen molar-refractivity contribution in [3.8, 4) is 0 Å². The van der Waals surface area contributed by atoms with Gasteiger partial charge in [-0.05, 0) is 77.7 Å². The van der Waals surface area contributed by atoms with E-state index in [0.29, 0.717) is 13.1 Å². The maximum Gasteiger partial charge on any atom is 0.326 e. The van der Waals surface area contributed by atoms with E-state index < -0.39 is 29.8 Å². The number of allylic oxidation sites excluding steroid dienone is 3. The molecule has 2 saturated heterocycles. The number of amides is 3. The molecule has 0 aromatic heterocycles. The van der Waals surface area contributed by atoms with Crippen molar-refractivity contribution in [3.63, 3.8) is 0 Å². The highest BCUT2D eigenvalue weighted by atomic mass is 127. The number of carboxylic acid groups (broad SMARTS) is 1. The number of carbonyl (C=O) groups excluding carboxylic acids is 2. The van der Waals surface area contributed by atoms with E-state index in [9.17, 15) is 24.6 Å². The molecule has 0 aromatic carbocycles. The van der Waals surface area contributed by atoms with E-state index in [1.807, 2.05) is 33.8 Å². The number of hydrogen-bond donors (Lipinski definition) is 4. The van der Waals surface area contributed by atoms with E-state index >= 15 is 0 Å². The smallest absolute Gasteiger partial charge is 0.326 e. The Hall–Kier alpha value is -1.78. The molecule has 8 atom stereocenters. The van der Waals surface area contributed by atoms with Crippen LogP contribution >= 0.6 is 22.9 Å². The Kier molecular flexibility index (Phi) is 17.6. The van der Waals surface area contributed by atoms with Crippen molar-refractivity contribution >= 4 is 40.8 Å². The molecule has 0 bridgehead atoms. The summed E-state index contributed by atoms with van der Waals surface area (Å²) < 4.78 is 20.1. The fourth-order valence-electron chi connectivity index (χ4n) is 6.49. The van der Waals surface area contributed by atoms with Crippen LogP contribution in [0, 0.1) is 11.8 Å². The number of piperazine rings is 1. The summed E-state index contributed by atoms with van der Waals surface area (Å²) in [6.07, 6.45) is 7.05. The van der Waals surface area contributed by atoms with E-state index in [0.717, 1.165) is 37.9 Å². The highest BCUT2D eigenvalue weighted by Crippen LogP contribution is 2.31. The van der Waals surface area contributed by atoms with Crippen LogP contribution < -0.4 is 10.6 Å². The van der Waals surface area contributed by atoms with E-state index in [2.05, 4.69) is 62.6 Å². The topological polar surface area (TPSA) is 150 Å². The van der Waals surface area contributed by atoms with Gasteiger partial charge in [-0.2, -0.15) is 0 Å². The van der Waals surface area contributed by atoms with Crippen LogP contribution in [0.4, 0.5) is 4.79 Å². The lowest BCUT2D eigenvalue weighted by molar-refractivity contribution is -0.149. The van der Waals surface area contributed by atoms with Crippen LogP contribution in [0.2, 0.25) is 0 Å². The number of rotatable bonds is 17. The molecule has 2 aliphatic rings. The molecule has 2 aliphatic heterocycles. The molecule has 0 radical (unpaired) electrons. The lowest BCUT2D eigenvalue weighted by atomic mass is 9.88. The van der Waals surface area contributed by atoms with Crippen molar-refractivity contribution < 1.29 is 38.8 Å². The van der Waals surface area contributed by atoms with Crippen LogP contribution in [0.25, 0.3) is 0 Å². The molecule has 0 unspecified atom stereocenters. The third-order valence-electron chi connectivity index (χ3n) is 8.84. The standard InChI is InChI=1S/C34H59IN4O8/c1-22(21-34(6,7)47-26(5)31(45-8)25(4)40)10-9-11-23(2)30-24(3)12-13-27(46-30)20-29(41)37-28(32(42)43)14-15-36-33(44)38-16-18-39(35)19-17-38/h9-11,22,24-28,30-31,40H,12-21H2,1-8H3,(H,36,44)(H,37,41)(H,42,43)/b10-9+,23-11+/t22-,24+,25-,26-,27-,28+,30-,31+/m1/s1. The predicted molar refractivity (Wildman–Crippen MR) is 190 cm³/mol. The fraction of sp³-hybridized carbons (Fsp3) is 0.794. The molecule has 270 valence electrons. The number of carbonyl (C=O) groups is 3. The molecule has 0 saturated carbocycles. The minimum absolute atomic E-state index is 0.0760. The zero-order valence-electron chi connectivity index (χ0n) is 29.5. The Morgan fingerprint density at radius 1 is 1.13 bits per heavy atom. The summed E-state index contributed by atoms with van der Waals surface area (Å²) in [4.78, 5) is 38.8. The van der Waals surface area contributed by atoms with E-state index in [-0.39, 0.29) is 61.5 Å². The first kappa shape index (κ1) is 41.4. The number of nitrogens with one attached hydrogen (secondary N) is 2. The Morgan fingerprint density at radius 2 is 1.79 bits per heavy atom. The number of halogens is 1. The second-order valence-electron chi connectivity index (χ2n) is 13.8. The maximum absolute atomic E-state index is 12.9. The first-order valence-corrected chi connectivity index (χ1v) is 17.8. The van der Waals surface area contributed by atoms with Gasteiger partial charge in [-0.1, -0.05) is 32.1 Å². The van der Waals surface area contributed by atoms with E-state index in [1.54, 1.807) is 18.9 Å². The van der Waals surface area contributed by atoms with Gasteiger partial charge < -0.3 is 40.0 Å². The van der Waals surface area contributed by atoms with Gasteiger partial charge >= 0.3 is 12.0 Å². The lowest BCUT2D eigenvalue weighted by Crippen LogP contribution is -2.50. The number of carboxylic acids is 1. The zero-order chi connectivity index (χ0) is 35.3. The molecule has 0 aromatic rings. The average molecular weight is 779 g/mol. The normalized spacial score (nSPS) is 24.8. The Labute approximate surface area is 295 Å². The Bertz CT molecular complexity index is 1060. The summed E-state index contributed by atoms with van der Waals surface area (Å²) in [5.41, 5.74) is 0.648. The van der Waals surface area contributed by atoms with Crippen LogP contribution in [0.5, 0.6) is 0 Å². The second kappa shape index (κ2) is 20.0. The van der Waals surface area contributed by atoms with Gasteiger partial charge in [0.25, 0.3) is 0 Å². The lowest BCUT2D eigenvalue weighted by Gasteiger charge is -2.35. The highest BCUT2D eigenvalue weighted by molar-refractivity contribution is 14.1. The Balaban J connectivity index is 1.85. The third-order valence-corrected chi connectivity index (χ3v) is 9.81. The van der Waals surface area contributed by atoms with Gasteiger partial charge in [-0.25, -0.2) is 12.7 Å². The van der Waals surface area contributed by atoms with Crippen LogP contribution in [-0.2, 0) is 23.8 Å². The van der Waals surface area contributed by atoms with Crippen molar-refractivity contribution in [3.05, 3.63) is 23.8 Å². The van der Waals surface area contributed by atoms with Crippen molar-refractivity contribution in [2.24, 2.45) is 11.8 Å². The van der Waals surface area contributed by atoms with Gasteiger partial charge in [0.15, 0.2) is 0 Å². The van der Waals surface area contributed by atoms with Crippen LogP contribution in [0.15, 0.2) is 23.8 Å². The largest absolute Gasteiger partial charge is 0.480 e. The molecule has 2 fully saturated rings. The molecule has 13 heteroatoms. The molecule has 0 aliphatic carbocycles. The molecule has 0 spiro atoms. The average Bonchev–Trinajstić information content (AvgIpc) is 2.97. The quantitative estimate of drug-likeness (QED) is 0.0964. The summed E-state index contributed by atoms with van der Waals surface area (Å²) in [7, 11) is 1.58. The summed E-state index contributed by atoms with van der Waals surface area (Å²) in [5, 5.41) is 25.1. The number of aliphatic carboxylic acids is 1. The van der Waals surface area contributed by atoms with Crippen molar-refractivity contribution in [2.45, 2.75) is 123 Å².